The first-order valence-electron chi connectivity index (χ1n) is 9.47. The summed E-state index contributed by atoms with van der Waals surface area (Å²) in [5.74, 6) is -0.891. The highest BCUT2D eigenvalue weighted by Crippen LogP contribution is 2.23. The van der Waals surface area contributed by atoms with Crippen LogP contribution in [0.2, 0.25) is 0 Å². The van der Waals surface area contributed by atoms with Gasteiger partial charge in [-0.1, -0.05) is 17.7 Å². The fourth-order valence-corrected chi connectivity index (χ4v) is 4.25. The lowest BCUT2D eigenvalue weighted by molar-refractivity contribution is 0.0997. The van der Waals surface area contributed by atoms with Crippen molar-refractivity contribution in [1.29, 1.82) is 0 Å². The SMILES string of the molecule is Cc1ccc(S(=O)(=O)N(C)c2ccc(C(=O)Nc3ccc(C(N)=O)c(C)c3)cc2)cc1. The molecule has 160 valence electrons. The second-order valence-corrected chi connectivity index (χ2v) is 9.15. The number of carbonyl (C=O) groups is 2. The van der Waals surface area contributed by atoms with Gasteiger partial charge in [-0.15, -0.1) is 0 Å². The molecule has 0 atom stereocenters. The molecule has 0 fully saturated rings. The molecule has 31 heavy (non-hydrogen) atoms. The lowest BCUT2D eigenvalue weighted by Gasteiger charge is -2.20. The van der Waals surface area contributed by atoms with Gasteiger partial charge in [-0.25, -0.2) is 8.42 Å². The lowest BCUT2D eigenvalue weighted by atomic mass is 10.1. The first-order chi connectivity index (χ1) is 14.6. The van der Waals surface area contributed by atoms with E-state index >= 15 is 0 Å². The Morgan fingerprint density at radius 1 is 0.903 bits per heavy atom. The van der Waals surface area contributed by atoms with E-state index in [9.17, 15) is 18.0 Å². The van der Waals surface area contributed by atoms with Crippen LogP contribution in [0.25, 0.3) is 0 Å². The molecule has 0 aliphatic rings. The normalized spacial score (nSPS) is 11.1. The number of sulfonamides is 1. The largest absolute Gasteiger partial charge is 0.366 e. The molecule has 7 nitrogen and oxygen atoms in total. The zero-order valence-corrected chi connectivity index (χ0v) is 18.2. The molecule has 0 aliphatic heterocycles. The number of benzene rings is 3. The van der Waals surface area contributed by atoms with E-state index < -0.39 is 15.9 Å². The average Bonchev–Trinajstić information content (AvgIpc) is 2.73. The predicted octanol–water partition coefficient (Wildman–Crippen LogP) is 3.48. The van der Waals surface area contributed by atoms with E-state index in [2.05, 4.69) is 5.32 Å². The summed E-state index contributed by atoms with van der Waals surface area (Å²) in [5, 5.41) is 2.75. The summed E-state index contributed by atoms with van der Waals surface area (Å²) < 4.78 is 26.8. The molecule has 0 saturated heterocycles. The van der Waals surface area contributed by atoms with E-state index in [4.69, 9.17) is 5.73 Å². The minimum atomic E-state index is -3.71. The van der Waals surface area contributed by atoms with E-state index in [0.29, 0.717) is 28.1 Å². The molecule has 0 unspecified atom stereocenters. The maximum absolute atomic E-state index is 12.8. The third-order valence-electron chi connectivity index (χ3n) is 4.92. The number of nitrogens with two attached hydrogens (primary N) is 1. The molecule has 8 heteroatoms. The second kappa shape index (κ2) is 8.61. The maximum Gasteiger partial charge on any atom is 0.264 e. The highest BCUT2D eigenvalue weighted by atomic mass is 32.2. The van der Waals surface area contributed by atoms with Crippen LogP contribution in [0.4, 0.5) is 11.4 Å². The monoisotopic (exact) mass is 437 g/mol. The molecule has 0 saturated carbocycles. The number of hydrogen-bond donors (Lipinski definition) is 2. The van der Waals surface area contributed by atoms with Crippen LogP contribution in [0.1, 0.15) is 31.8 Å². The molecule has 3 rings (SSSR count). The lowest BCUT2D eigenvalue weighted by Crippen LogP contribution is -2.26. The van der Waals surface area contributed by atoms with E-state index in [1.165, 1.54) is 11.4 Å². The fraction of sp³-hybridized carbons (Fsp3) is 0.130. The summed E-state index contributed by atoms with van der Waals surface area (Å²) in [5.41, 5.74) is 8.63. The molecule has 0 aromatic heterocycles. The molecule has 0 spiro atoms. The van der Waals surface area contributed by atoms with Crippen molar-refractivity contribution < 1.29 is 18.0 Å². The van der Waals surface area contributed by atoms with Gasteiger partial charge >= 0.3 is 0 Å². The number of nitrogens with one attached hydrogen (secondary N) is 1. The van der Waals surface area contributed by atoms with Crippen molar-refractivity contribution in [3.05, 3.63) is 89.0 Å². The average molecular weight is 438 g/mol. The number of rotatable bonds is 6. The Labute approximate surface area is 181 Å². The van der Waals surface area contributed by atoms with Gasteiger partial charge in [-0.3, -0.25) is 13.9 Å². The summed E-state index contributed by atoms with van der Waals surface area (Å²) in [6, 6.07) is 17.7. The van der Waals surface area contributed by atoms with Crippen LogP contribution in [0.15, 0.2) is 71.6 Å². The summed E-state index contributed by atoms with van der Waals surface area (Å²) in [7, 11) is -2.25. The van der Waals surface area contributed by atoms with Gasteiger partial charge in [0.25, 0.3) is 15.9 Å². The molecular formula is C23H23N3O4S. The number of primary amides is 1. The Bertz CT molecular complexity index is 1230. The number of carbonyl (C=O) groups excluding carboxylic acids is 2. The first-order valence-corrected chi connectivity index (χ1v) is 10.9. The van der Waals surface area contributed by atoms with Crippen LogP contribution >= 0.6 is 0 Å². The van der Waals surface area contributed by atoms with E-state index in [-0.39, 0.29) is 10.8 Å². The smallest absolute Gasteiger partial charge is 0.264 e. The highest BCUT2D eigenvalue weighted by Gasteiger charge is 2.21. The van der Waals surface area contributed by atoms with Gasteiger partial charge in [0.2, 0.25) is 5.91 Å². The van der Waals surface area contributed by atoms with E-state index in [1.807, 2.05) is 6.92 Å². The zero-order chi connectivity index (χ0) is 22.8. The molecule has 3 aromatic carbocycles. The maximum atomic E-state index is 12.8. The van der Waals surface area contributed by atoms with Crippen molar-refractivity contribution in [2.24, 2.45) is 5.73 Å². The van der Waals surface area contributed by atoms with Gasteiger partial charge in [0, 0.05) is 23.9 Å². The molecule has 0 radical (unpaired) electrons. The molecule has 0 bridgehead atoms. The van der Waals surface area contributed by atoms with Crippen molar-refractivity contribution in [2.75, 3.05) is 16.7 Å². The van der Waals surface area contributed by atoms with Gasteiger partial charge in [0.1, 0.15) is 0 Å². The second-order valence-electron chi connectivity index (χ2n) is 7.18. The number of hydrogen-bond acceptors (Lipinski definition) is 4. The minimum Gasteiger partial charge on any atom is -0.366 e. The van der Waals surface area contributed by atoms with Crippen LogP contribution in [0.5, 0.6) is 0 Å². The van der Waals surface area contributed by atoms with Gasteiger partial charge in [-0.2, -0.15) is 0 Å². The van der Waals surface area contributed by atoms with Gasteiger partial charge in [0.15, 0.2) is 0 Å². The predicted molar refractivity (Wildman–Crippen MR) is 121 cm³/mol. The Hall–Kier alpha value is -3.65. The van der Waals surface area contributed by atoms with Crippen LogP contribution in [-0.4, -0.2) is 27.3 Å². The molecule has 3 N–H and O–H groups in total. The Balaban J connectivity index is 1.76. The molecule has 2 amide bonds. The number of nitrogens with zero attached hydrogens (tertiary/aromatic N) is 1. The van der Waals surface area contributed by atoms with Crippen LogP contribution in [0.3, 0.4) is 0 Å². The van der Waals surface area contributed by atoms with Crippen molar-refractivity contribution >= 4 is 33.2 Å². The standard InChI is InChI=1S/C23H23N3O4S/c1-15-4-11-20(12-5-15)31(29,30)26(3)19-9-6-17(7-10-19)23(28)25-18-8-13-21(22(24)27)16(2)14-18/h4-14H,1-3H3,(H2,24,27)(H,25,28). The van der Waals surface area contributed by atoms with Gasteiger partial charge in [-0.05, 0) is 74.0 Å². The van der Waals surface area contributed by atoms with Gasteiger partial charge in [0.05, 0.1) is 10.6 Å². The summed E-state index contributed by atoms with van der Waals surface area (Å²) >= 11 is 0. The third kappa shape index (κ3) is 4.75. The highest BCUT2D eigenvalue weighted by molar-refractivity contribution is 7.92. The van der Waals surface area contributed by atoms with Crippen molar-refractivity contribution in [3.8, 4) is 0 Å². The zero-order valence-electron chi connectivity index (χ0n) is 17.4. The Morgan fingerprint density at radius 2 is 1.52 bits per heavy atom. The molecule has 0 aliphatic carbocycles. The quantitative estimate of drug-likeness (QED) is 0.615. The molecular weight excluding hydrogens is 414 g/mol. The van der Waals surface area contributed by atoms with Crippen molar-refractivity contribution in [3.63, 3.8) is 0 Å². The summed E-state index contributed by atoms with van der Waals surface area (Å²) in [4.78, 5) is 24.1. The number of aryl methyl sites for hydroxylation is 2. The summed E-state index contributed by atoms with van der Waals surface area (Å²) in [6.45, 7) is 3.62. The van der Waals surface area contributed by atoms with Crippen LogP contribution in [-0.2, 0) is 10.0 Å². The topological polar surface area (TPSA) is 110 Å². The molecule has 0 heterocycles. The van der Waals surface area contributed by atoms with E-state index in [0.717, 1.165) is 5.56 Å². The third-order valence-corrected chi connectivity index (χ3v) is 6.72. The Kier molecular flexibility index (Phi) is 6.12. The van der Waals surface area contributed by atoms with Gasteiger partial charge < -0.3 is 11.1 Å². The summed E-state index contributed by atoms with van der Waals surface area (Å²) in [6.07, 6.45) is 0. The van der Waals surface area contributed by atoms with Crippen molar-refractivity contribution in [1.82, 2.24) is 0 Å². The van der Waals surface area contributed by atoms with E-state index in [1.54, 1.807) is 73.7 Å². The Morgan fingerprint density at radius 3 is 2.06 bits per heavy atom. The minimum absolute atomic E-state index is 0.192. The van der Waals surface area contributed by atoms with Crippen LogP contribution in [0, 0.1) is 13.8 Å². The van der Waals surface area contributed by atoms with Crippen molar-refractivity contribution in [2.45, 2.75) is 18.7 Å². The first kappa shape index (κ1) is 22.0. The molecule has 3 aromatic rings. The number of anilines is 2. The number of amides is 2. The fourth-order valence-electron chi connectivity index (χ4n) is 3.05. The van der Waals surface area contributed by atoms with Crippen LogP contribution < -0.4 is 15.4 Å².